The minimum atomic E-state index is 0.462. The molecule has 0 aromatic rings. The largest absolute Gasteiger partial charge is 0.381 e. The molecule has 0 atom stereocenters. The number of hydrogen-bond acceptors (Lipinski definition) is 3. The van der Waals surface area contributed by atoms with Gasteiger partial charge in [-0.25, -0.2) is 4.89 Å². The smallest absolute Gasteiger partial charge is 0.0849 e. The minimum Gasteiger partial charge on any atom is -0.381 e. The molecule has 0 aromatic heterocycles. The first-order valence-corrected chi connectivity index (χ1v) is 4.27. The lowest BCUT2D eigenvalue weighted by atomic mass is 10.0. The highest BCUT2D eigenvalue weighted by Gasteiger charge is 2.12. The lowest BCUT2D eigenvalue weighted by molar-refractivity contribution is -0.254. The van der Waals surface area contributed by atoms with E-state index < -0.39 is 0 Å². The van der Waals surface area contributed by atoms with Crippen molar-refractivity contribution in [2.75, 3.05) is 19.8 Å². The maximum absolute atomic E-state index is 8.08. The van der Waals surface area contributed by atoms with Gasteiger partial charge in [0.1, 0.15) is 0 Å². The quantitative estimate of drug-likeness (QED) is 0.498. The van der Waals surface area contributed by atoms with Gasteiger partial charge >= 0.3 is 0 Å². The van der Waals surface area contributed by atoms with Crippen LogP contribution in [0.3, 0.4) is 0 Å². The Bertz CT molecular complexity index is 67.0. The van der Waals surface area contributed by atoms with E-state index >= 15 is 0 Å². The van der Waals surface area contributed by atoms with E-state index in [1.807, 2.05) is 13.8 Å². The van der Waals surface area contributed by atoms with E-state index in [1.165, 1.54) is 0 Å². The predicted octanol–water partition coefficient (Wildman–Crippen LogP) is 1.93. The van der Waals surface area contributed by atoms with Crippen LogP contribution in [-0.2, 0) is 9.62 Å². The Hall–Kier alpha value is -0.120. The molecular formula is C8H18O3. The molecule has 0 unspecified atom stereocenters. The molecule has 0 amide bonds. The van der Waals surface area contributed by atoms with E-state index in [9.17, 15) is 0 Å². The second kappa shape index (κ2) is 7.98. The van der Waals surface area contributed by atoms with Gasteiger partial charge in [-0.3, -0.25) is 5.26 Å². The maximum atomic E-state index is 8.08. The van der Waals surface area contributed by atoms with Gasteiger partial charge < -0.3 is 4.74 Å². The monoisotopic (exact) mass is 162 g/mol. The van der Waals surface area contributed by atoms with E-state index in [0.29, 0.717) is 12.5 Å². The van der Waals surface area contributed by atoms with Gasteiger partial charge in [-0.1, -0.05) is 13.8 Å². The van der Waals surface area contributed by atoms with Crippen LogP contribution in [0.15, 0.2) is 0 Å². The molecule has 1 heterocycles. The van der Waals surface area contributed by atoms with E-state index in [4.69, 9.17) is 9.99 Å². The molecule has 3 heteroatoms. The van der Waals surface area contributed by atoms with Gasteiger partial charge in [0.2, 0.25) is 0 Å². The summed E-state index contributed by atoms with van der Waals surface area (Å²) in [6.07, 6.45) is 2.03. The Morgan fingerprint density at radius 1 is 1.36 bits per heavy atom. The zero-order valence-corrected chi connectivity index (χ0v) is 7.38. The topological polar surface area (TPSA) is 38.7 Å². The number of hydrogen-bond donors (Lipinski definition) is 1. The van der Waals surface area contributed by atoms with Crippen LogP contribution in [0.2, 0.25) is 0 Å². The summed E-state index contributed by atoms with van der Waals surface area (Å²) in [5.41, 5.74) is 0. The zero-order valence-electron chi connectivity index (χ0n) is 7.38. The van der Waals surface area contributed by atoms with Crippen LogP contribution in [-0.4, -0.2) is 25.1 Å². The fraction of sp³-hybridized carbons (Fsp3) is 1.00. The van der Waals surface area contributed by atoms with Crippen molar-refractivity contribution in [2.24, 2.45) is 5.92 Å². The zero-order chi connectivity index (χ0) is 8.53. The third-order valence-corrected chi connectivity index (χ3v) is 1.65. The van der Waals surface area contributed by atoms with Crippen molar-refractivity contribution in [1.82, 2.24) is 0 Å². The molecule has 1 aliphatic heterocycles. The molecule has 0 spiro atoms. The summed E-state index contributed by atoms with van der Waals surface area (Å²) in [6.45, 7) is 6.09. The molecule has 1 rings (SSSR count). The highest BCUT2D eigenvalue weighted by Crippen LogP contribution is 2.13. The van der Waals surface area contributed by atoms with Crippen molar-refractivity contribution in [1.29, 1.82) is 0 Å². The standard InChI is InChI=1S/C6H12O3.C2H6/c7-9-5-6-1-3-8-4-2-6;1-2/h6-7H,1-5H2;1-2H3. The molecule has 0 saturated carbocycles. The van der Waals surface area contributed by atoms with Crippen molar-refractivity contribution in [3.05, 3.63) is 0 Å². The first kappa shape index (κ1) is 10.9. The summed E-state index contributed by atoms with van der Waals surface area (Å²) in [5.74, 6) is 0.503. The van der Waals surface area contributed by atoms with E-state index in [-0.39, 0.29) is 0 Å². The molecule has 1 aliphatic rings. The normalized spacial score (nSPS) is 18.8. The van der Waals surface area contributed by atoms with E-state index in [2.05, 4.69) is 4.89 Å². The van der Waals surface area contributed by atoms with E-state index in [0.717, 1.165) is 26.1 Å². The second-order valence-electron chi connectivity index (χ2n) is 2.35. The Morgan fingerprint density at radius 2 is 1.91 bits per heavy atom. The van der Waals surface area contributed by atoms with Crippen molar-refractivity contribution in [3.63, 3.8) is 0 Å². The van der Waals surface area contributed by atoms with E-state index in [1.54, 1.807) is 0 Å². The van der Waals surface area contributed by atoms with Crippen LogP contribution in [0.25, 0.3) is 0 Å². The molecular weight excluding hydrogens is 144 g/mol. The molecule has 1 saturated heterocycles. The molecule has 0 aromatic carbocycles. The van der Waals surface area contributed by atoms with Gasteiger partial charge in [-0.15, -0.1) is 0 Å². The van der Waals surface area contributed by atoms with Gasteiger partial charge in [-0.05, 0) is 18.8 Å². The molecule has 1 fully saturated rings. The van der Waals surface area contributed by atoms with Crippen molar-refractivity contribution >= 4 is 0 Å². The van der Waals surface area contributed by atoms with Gasteiger partial charge in [0.05, 0.1) is 6.61 Å². The van der Waals surface area contributed by atoms with Crippen molar-refractivity contribution in [2.45, 2.75) is 26.7 Å². The fourth-order valence-corrected chi connectivity index (χ4v) is 1.02. The first-order valence-electron chi connectivity index (χ1n) is 4.27. The van der Waals surface area contributed by atoms with Crippen LogP contribution in [0.4, 0.5) is 0 Å². The van der Waals surface area contributed by atoms with Gasteiger partial charge in [-0.2, -0.15) is 0 Å². The number of rotatable bonds is 2. The fourth-order valence-electron chi connectivity index (χ4n) is 1.02. The second-order valence-corrected chi connectivity index (χ2v) is 2.35. The summed E-state index contributed by atoms with van der Waals surface area (Å²) < 4.78 is 5.11. The van der Waals surface area contributed by atoms with Crippen LogP contribution in [0.5, 0.6) is 0 Å². The molecule has 0 aliphatic carbocycles. The molecule has 3 nitrogen and oxygen atoms in total. The molecule has 11 heavy (non-hydrogen) atoms. The third kappa shape index (κ3) is 5.18. The minimum absolute atomic E-state index is 0.462. The lowest BCUT2D eigenvalue weighted by Crippen LogP contribution is -2.19. The Labute approximate surface area is 68.2 Å². The highest BCUT2D eigenvalue weighted by atomic mass is 17.1. The summed E-state index contributed by atoms with van der Waals surface area (Å²) in [6, 6.07) is 0. The van der Waals surface area contributed by atoms with Crippen LogP contribution in [0.1, 0.15) is 26.7 Å². The third-order valence-electron chi connectivity index (χ3n) is 1.65. The summed E-state index contributed by atoms with van der Waals surface area (Å²) >= 11 is 0. The molecule has 0 radical (unpaired) electrons. The number of ether oxygens (including phenoxy) is 1. The first-order chi connectivity index (χ1) is 5.43. The van der Waals surface area contributed by atoms with Crippen LogP contribution >= 0.6 is 0 Å². The van der Waals surface area contributed by atoms with Crippen molar-refractivity contribution < 1.29 is 14.9 Å². The van der Waals surface area contributed by atoms with Crippen molar-refractivity contribution in [3.8, 4) is 0 Å². The summed E-state index contributed by atoms with van der Waals surface area (Å²) in [4.78, 5) is 4.03. The Morgan fingerprint density at radius 3 is 2.36 bits per heavy atom. The van der Waals surface area contributed by atoms with Crippen LogP contribution in [0, 0.1) is 5.92 Å². The lowest BCUT2D eigenvalue weighted by Gasteiger charge is -2.19. The summed E-state index contributed by atoms with van der Waals surface area (Å²) in [7, 11) is 0. The SMILES string of the molecule is CC.OOCC1CCOCC1. The van der Waals surface area contributed by atoms with Gasteiger partial charge in [0.25, 0.3) is 0 Å². The predicted molar refractivity (Wildman–Crippen MR) is 43.5 cm³/mol. The van der Waals surface area contributed by atoms with Crippen LogP contribution < -0.4 is 0 Å². The highest BCUT2D eigenvalue weighted by molar-refractivity contribution is 4.61. The average molecular weight is 162 g/mol. The Kier molecular flexibility index (Phi) is 7.89. The van der Waals surface area contributed by atoms with Gasteiger partial charge in [0, 0.05) is 13.2 Å². The van der Waals surface area contributed by atoms with Gasteiger partial charge in [0.15, 0.2) is 0 Å². The Balaban J connectivity index is 0.000000461. The maximum Gasteiger partial charge on any atom is 0.0849 e. The summed E-state index contributed by atoms with van der Waals surface area (Å²) in [5, 5.41) is 8.08. The average Bonchev–Trinajstić information content (AvgIpc) is 2.11. The molecule has 0 bridgehead atoms. The molecule has 1 N–H and O–H groups in total. The molecule has 68 valence electrons.